The summed E-state index contributed by atoms with van der Waals surface area (Å²) in [6.07, 6.45) is 4.62. The van der Waals surface area contributed by atoms with Gasteiger partial charge in [0.1, 0.15) is 0 Å². The van der Waals surface area contributed by atoms with E-state index in [-0.39, 0.29) is 24.5 Å². The molecule has 0 radical (unpaired) electrons. The van der Waals surface area contributed by atoms with E-state index in [4.69, 9.17) is 5.73 Å². The molecule has 0 aliphatic heterocycles. The Labute approximate surface area is 145 Å². The van der Waals surface area contributed by atoms with Crippen LogP contribution < -0.4 is 11.1 Å². The molecule has 1 aromatic carbocycles. The van der Waals surface area contributed by atoms with Crippen LogP contribution in [0.15, 0.2) is 18.2 Å². The summed E-state index contributed by atoms with van der Waals surface area (Å²) in [6, 6.07) is 5.96. The molecule has 0 spiro atoms. The average Bonchev–Trinajstić information content (AvgIpc) is 2.99. The first kappa shape index (κ1) is 18.7. The third-order valence-electron chi connectivity index (χ3n) is 4.75. The molecule has 1 aromatic rings. The standard InChI is InChI=1S/C20H30N2O2/c1-14(2)12-20(3,13-21)22-19(24)10-9-18(23)17-8-7-15-5-4-6-16(15)11-17/h7-8,11,14H,4-6,9-10,12-13,21H2,1-3H3,(H,22,24). The smallest absolute Gasteiger partial charge is 0.220 e. The Morgan fingerprint density at radius 3 is 2.58 bits per heavy atom. The Morgan fingerprint density at radius 2 is 1.92 bits per heavy atom. The second kappa shape index (κ2) is 7.93. The normalized spacial score (nSPS) is 15.9. The van der Waals surface area contributed by atoms with Gasteiger partial charge in [0.2, 0.25) is 5.91 Å². The zero-order chi connectivity index (χ0) is 17.7. The van der Waals surface area contributed by atoms with Crippen molar-refractivity contribution in [1.29, 1.82) is 0 Å². The maximum absolute atomic E-state index is 12.4. The summed E-state index contributed by atoms with van der Waals surface area (Å²) >= 11 is 0. The van der Waals surface area contributed by atoms with E-state index < -0.39 is 5.54 Å². The highest BCUT2D eigenvalue weighted by atomic mass is 16.2. The Bertz CT molecular complexity index is 610. The zero-order valence-electron chi connectivity index (χ0n) is 15.2. The Morgan fingerprint density at radius 1 is 1.21 bits per heavy atom. The number of aryl methyl sites for hydroxylation is 2. The lowest BCUT2D eigenvalue weighted by Gasteiger charge is -2.31. The number of fused-ring (bicyclic) bond motifs is 1. The number of nitrogens with one attached hydrogen (secondary N) is 1. The van der Waals surface area contributed by atoms with Gasteiger partial charge in [-0.15, -0.1) is 0 Å². The fraction of sp³-hybridized carbons (Fsp3) is 0.600. The molecule has 4 nitrogen and oxygen atoms in total. The third kappa shape index (κ3) is 4.91. The number of ketones is 1. The highest BCUT2D eigenvalue weighted by Crippen LogP contribution is 2.23. The monoisotopic (exact) mass is 330 g/mol. The molecule has 0 aromatic heterocycles. The van der Waals surface area contributed by atoms with Crippen LogP contribution in [0.5, 0.6) is 0 Å². The van der Waals surface area contributed by atoms with Crippen LogP contribution >= 0.6 is 0 Å². The molecule has 1 aliphatic carbocycles. The van der Waals surface area contributed by atoms with Gasteiger partial charge in [-0.25, -0.2) is 0 Å². The van der Waals surface area contributed by atoms with Crippen LogP contribution in [-0.4, -0.2) is 23.8 Å². The third-order valence-corrected chi connectivity index (χ3v) is 4.75. The van der Waals surface area contributed by atoms with E-state index in [0.29, 0.717) is 12.5 Å². The largest absolute Gasteiger partial charge is 0.350 e. The highest BCUT2D eigenvalue weighted by Gasteiger charge is 2.26. The second-order valence-electron chi connectivity index (χ2n) is 7.67. The maximum atomic E-state index is 12.4. The number of hydrogen-bond donors (Lipinski definition) is 2. The van der Waals surface area contributed by atoms with Crippen LogP contribution in [0.25, 0.3) is 0 Å². The number of amides is 1. The minimum atomic E-state index is -0.401. The van der Waals surface area contributed by atoms with Crippen LogP contribution in [-0.2, 0) is 17.6 Å². The predicted octanol–water partition coefficient (Wildman–Crippen LogP) is 3.02. The Kier molecular flexibility index (Phi) is 6.16. The second-order valence-corrected chi connectivity index (χ2v) is 7.67. The van der Waals surface area contributed by atoms with Crippen LogP contribution in [0, 0.1) is 5.92 Å². The molecule has 4 heteroatoms. The lowest BCUT2D eigenvalue weighted by Crippen LogP contribution is -2.52. The number of carbonyl (C=O) groups is 2. The van der Waals surface area contributed by atoms with Gasteiger partial charge in [0.15, 0.2) is 5.78 Å². The molecule has 0 saturated carbocycles. The van der Waals surface area contributed by atoms with Gasteiger partial charge < -0.3 is 11.1 Å². The van der Waals surface area contributed by atoms with Crippen LogP contribution in [0.1, 0.15) is 67.9 Å². The highest BCUT2D eigenvalue weighted by molar-refractivity contribution is 5.98. The van der Waals surface area contributed by atoms with E-state index in [1.165, 1.54) is 17.5 Å². The van der Waals surface area contributed by atoms with E-state index in [2.05, 4.69) is 25.2 Å². The van der Waals surface area contributed by atoms with Crippen LogP contribution in [0.4, 0.5) is 0 Å². The molecular formula is C20H30N2O2. The summed E-state index contributed by atoms with van der Waals surface area (Å²) in [5, 5.41) is 3.01. The fourth-order valence-corrected chi connectivity index (χ4v) is 3.60. The van der Waals surface area contributed by atoms with E-state index in [9.17, 15) is 9.59 Å². The van der Waals surface area contributed by atoms with E-state index in [1.807, 2.05) is 19.1 Å². The molecule has 2 rings (SSSR count). The topological polar surface area (TPSA) is 72.2 Å². The lowest BCUT2D eigenvalue weighted by atomic mass is 9.90. The number of rotatable bonds is 8. The number of nitrogens with two attached hydrogens (primary N) is 1. The SMILES string of the molecule is CC(C)CC(C)(CN)NC(=O)CCC(=O)c1ccc2c(c1)CCC2. The molecule has 1 atom stereocenters. The van der Waals surface area contributed by atoms with Crippen LogP contribution in [0.3, 0.4) is 0 Å². The summed E-state index contributed by atoms with van der Waals surface area (Å²) in [5.41, 5.74) is 8.80. The van der Waals surface area contributed by atoms with Gasteiger partial charge in [0, 0.05) is 30.5 Å². The predicted molar refractivity (Wildman–Crippen MR) is 97.1 cm³/mol. The molecule has 132 valence electrons. The Hall–Kier alpha value is -1.68. The van der Waals surface area contributed by atoms with Gasteiger partial charge in [-0.3, -0.25) is 9.59 Å². The molecule has 0 heterocycles. The van der Waals surface area contributed by atoms with Crippen molar-refractivity contribution in [2.45, 2.75) is 64.8 Å². The first-order valence-electron chi connectivity index (χ1n) is 8.99. The molecule has 0 saturated heterocycles. The molecule has 1 aliphatic rings. The molecule has 0 bridgehead atoms. The number of Topliss-reactive ketones (excluding diaryl/α,β-unsaturated/α-hetero) is 1. The van der Waals surface area contributed by atoms with Crippen molar-refractivity contribution in [3.63, 3.8) is 0 Å². The van der Waals surface area contributed by atoms with Crippen molar-refractivity contribution in [3.8, 4) is 0 Å². The van der Waals surface area contributed by atoms with E-state index in [0.717, 1.165) is 24.8 Å². The number of carbonyl (C=O) groups excluding carboxylic acids is 2. The van der Waals surface area contributed by atoms with Crippen molar-refractivity contribution >= 4 is 11.7 Å². The van der Waals surface area contributed by atoms with E-state index in [1.54, 1.807) is 0 Å². The maximum Gasteiger partial charge on any atom is 0.220 e. The zero-order valence-corrected chi connectivity index (χ0v) is 15.2. The first-order chi connectivity index (χ1) is 11.3. The molecular weight excluding hydrogens is 300 g/mol. The Balaban J connectivity index is 1.88. The number of benzene rings is 1. The van der Waals surface area contributed by atoms with E-state index >= 15 is 0 Å². The van der Waals surface area contributed by atoms with Crippen molar-refractivity contribution < 1.29 is 9.59 Å². The molecule has 0 fully saturated rings. The summed E-state index contributed by atoms with van der Waals surface area (Å²) in [7, 11) is 0. The first-order valence-corrected chi connectivity index (χ1v) is 8.99. The quantitative estimate of drug-likeness (QED) is 0.720. The minimum Gasteiger partial charge on any atom is -0.350 e. The summed E-state index contributed by atoms with van der Waals surface area (Å²) in [6.45, 7) is 6.58. The van der Waals surface area contributed by atoms with Gasteiger partial charge in [-0.1, -0.05) is 26.0 Å². The van der Waals surface area contributed by atoms with Crippen molar-refractivity contribution in [2.24, 2.45) is 11.7 Å². The summed E-state index contributed by atoms with van der Waals surface area (Å²) in [4.78, 5) is 24.6. The van der Waals surface area contributed by atoms with Crippen molar-refractivity contribution in [2.75, 3.05) is 6.54 Å². The summed E-state index contributed by atoms with van der Waals surface area (Å²) in [5.74, 6) is 0.392. The average molecular weight is 330 g/mol. The lowest BCUT2D eigenvalue weighted by molar-refractivity contribution is -0.122. The van der Waals surface area contributed by atoms with Crippen molar-refractivity contribution in [3.05, 3.63) is 34.9 Å². The minimum absolute atomic E-state index is 0.0400. The molecule has 1 unspecified atom stereocenters. The molecule has 3 N–H and O–H groups in total. The van der Waals surface area contributed by atoms with Gasteiger partial charge in [0.05, 0.1) is 0 Å². The molecule has 1 amide bonds. The van der Waals surface area contributed by atoms with Gasteiger partial charge in [-0.05, 0) is 55.7 Å². The van der Waals surface area contributed by atoms with Gasteiger partial charge >= 0.3 is 0 Å². The van der Waals surface area contributed by atoms with Gasteiger partial charge in [-0.2, -0.15) is 0 Å². The summed E-state index contributed by atoms with van der Waals surface area (Å²) < 4.78 is 0. The van der Waals surface area contributed by atoms with Crippen molar-refractivity contribution in [1.82, 2.24) is 5.32 Å². The number of hydrogen-bond acceptors (Lipinski definition) is 3. The van der Waals surface area contributed by atoms with Crippen LogP contribution in [0.2, 0.25) is 0 Å². The molecule has 24 heavy (non-hydrogen) atoms. The van der Waals surface area contributed by atoms with Gasteiger partial charge in [0.25, 0.3) is 0 Å². The fourth-order valence-electron chi connectivity index (χ4n) is 3.60.